The van der Waals surface area contributed by atoms with Crippen LogP contribution in [-0.2, 0) is 13.0 Å². The lowest BCUT2D eigenvalue weighted by Crippen LogP contribution is -2.16. The number of nitrogens with zero attached hydrogens (tertiary/aromatic N) is 4. The van der Waals surface area contributed by atoms with Gasteiger partial charge in [-0.25, -0.2) is 14.6 Å². The van der Waals surface area contributed by atoms with Crippen LogP contribution in [0, 0.1) is 13.8 Å². The van der Waals surface area contributed by atoms with Crippen LogP contribution in [0.2, 0.25) is 0 Å². The van der Waals surface area contributed by atoms with Gasteiger partial charge in [0.15, 0.2) is 0 Å². The van der Waals surface area contributed by atoms with Crippen molar-refractivity contribution in [3.05, 3.63) is 34.9 Å². The maximum Gasteiger partial charge on any atom is 0.250 e. The van der Waals surface area contributed by atoms with Gasteiger partial charge in [-0.1, -0.05) is 6.92 Å². The van der Waals surface area contributed by atoms with Crippen LogP contribution in [0.5, 0.6) is 0 Å². The first-order valence-electron chi connectivity index (χ1n) is 7.28. The Morgan fingerprint density at radius 1 is 1.25 bits per heavy atom. The number of aromatic nitrogens is 4. The Morgan fingerprint density at radius 3 is 2.50 bits per heavy atom. The van der Waals surface area contributed by atoms with Crippen molar-refractivity contribution in [3.8, 4) is 5.95 Å². The van der Waals surface area contributed by atoms with Crippen LogP contribution in [0.15, 0.2) is 12.4 Å². The molecular formula is C15H21N5. The second-order valence-corrected chi connectivity index (χ2v) is 5.46. The van der Waals surface area contributed by atoms with Crippen molar-refractivity contribution in [3.63, 3.8) is 0 Å². The SMILES string of the molecule is CCc1c(C)nn(-c2ncc(CNC3CC3)cn2)c1C. The molecule has 3 rings (SSSR count). The molecule has 5 heteroatoms. The molecule has 0 aliphatic heterocycles. The molecule has 0 amide bonds. The monoisotopic (exact) mass is 271 g/mol. The summed E-state index contributed by atoms with van der Waals surface area (Å²) in [7, 11) is 0. The molecule has 1 N–H and O–H groups in total. The van der Waals surface area contributed by atoms with Gasteiger partial charge in [0.05, 0.1) is 5.69 Å². The van der Waals surface area contributed by atoms with Gasteiger partial charge in [0.1, 0.15) is 0 Å². The van der Waals surface area contributed by atoms with Gasteiger partial charge in [0.25, 0.3) is 5.95 Å². The Kier molecular flexibility index (Phi) is 3.53. The van der Waals surface area contributed by atoms with Crippen LogP contribution >= 0.6 is 0 Å². The molecule has 0 saturated heterocycles. The van der Waals surface area contributed by atoms with Crippen molar-refractivity contribution < 1.29 is 0 Å². The molecule has 1 aliphatic carbocycles. The average molecular weight is 271 g/mol. The van der Waals surface area contributed by atoms with E-state index in [9.17, 15) is 0 Å². The van der Waals surface area contributed by atoms with E-state index < -0.39 is 0 Å². The summed E-state index contributed by atoms with van der Waals surface area (Å²) in [5.74, 6) is 0.653. The first-order chi connectivity index (χ1) is 9.69. The zero-order chi connectivity index (χ0) is 14.1. The molecule has 0 spiro atoms. The Balaban J connectivity index is 1.79. The average Bonchev–Trinajstić information content (AvgIpc) is 3.23. The number of nitrogens with one attached hydrogen (secondary N) is 1. The van der Waals surface area contributed by atoms with E-state index in [1.807, 2.05) is 24.0 Å². The van der Waals surface area contributed by atoms with Crippen LogP contribution < -0.4 is 5.32 Å². The first-order valence-corrected chi connectivity index (χ1v) is 7.28. The van der Waals surface area contributed by atoms with Crippen LogP contribution in [0.3, 0.4) is 0 Å². The summed E-state index contributed by atoms with van der Waals surface area (Å²) in [6.45, 7) is 7.11. The van der Waals surface area contributed by atoms with E-state index >= 15 is 0 Å². The van der Waals surface area contributed by atoms with Crippen molar-refractivity contribution in [2.45, 2.75) is 52.6 Å². The summed E-state index contributed by atoms with van der Waals surface area (Å²) < 4.78 is 1.84. The molecule has 5 nitrogen and oxygen atoms in total. The van der Waals surface area contributed by atoms with Crippen molar-refractivity contribution in [1.29, 1.82) is 0 Å². The lowest BCUT2D eigenvalue weighted by atomic mass is 10.1. The van der Waals surface area contributed by atoms with Gasteiger partial charge in [-0.2, -0.15) is 5.10 Å². The van der Waals surface area contributed by atoms with E-state index in [4.69, 9.17) is 0 Å². The maximum atomic E-state index is 4.54. The van der Waals surface area contributed by atoms with Crippen LogP contribution in [0.25, 0.3) is 5.95 Å². The Labute approximate surface area is 119 Å². The molecular weight excluding hydrogens is 250 g/mol. The molecule has 106 valence electrons. The fourth-order valence-electron chi connectivity index (χ4n) is 2.48. The van der Waals surface area contributed by atoms with Gasteiger partial charge in [0.2, 0.25) is 0 Å². The molecule has 1 saturated carbocycles. The largest absolute Gasteiger partial charge is 0.310 e. The highest BCUT2D eigenvalue weighted by Crippen LogP contribution is 2.19. The molecule has 20 heavy (non-hydrogen) atoms. The summed E-state index contributed by atoms with van der Waals surface area (Å²) in [6.07, 6.45) is 7.36. The van der Waals surface area contributed by atoms with Crippen LogP contribution in [-0.4, -0.2) is 25.8 Å². The zero-order valence-electron chi connectivity index (χ0n) is 12.3. The summed E-state index contributed by atoms with van der Waals surface area (Å²) in [5, 5.41) is 8.00. The minimum Gasteiger partial charge on any atom is -0.310 e. The van der Waals surface area contributed by atoms with Crippen LogP contribution in [0.1, 0.15) is 42.3 Å². The highest BCUT2D eigenvalue weighted by molar-refractivity contribution is 5.29. The fraction of sp³-hybridized carbons (Fsp3) is 0.533. The normalized spacial score (nSPS) is 14.8. The molecule has 0 atom stereocenters. The van der Waals surface area contributed by atoms with Crippen molar-refractivity contribution >= 4 is 0 Å². The van der Waals surface area contributed by atoms with Crippen molar-refractivity contribution in [1.82, 2.24) is 25.1 Å². The molecule has 2 aromatic rings. The van der Waals surface area contributed by atoms with Gasteiger partial charge in [0, 0.05) is 36.2 Å². The number of hydrogen-bond acceptors (Lipinski definition) is 4. The second-order valence-electron chi connectivity index (χ2n) is 5.46. The van der Waals surface area contributed by atoms with Gasteiger partial charge in [-0.05, 0) is 38.7 Å². The third kappa shape index (κ3) is 2.58. The van der Waals surface area contributed by atoms with Crippen LogP contribution in [0.4, 0.5) is 0 Å². The minimum absolute atomic E-state index is 0.653. The summed E-state index contributed by atoms with van der Waals surface area (Å²) in [6, 6.07) is 0.706. The summed E-state index contributed by atoms with van der Waals surface area (Å²) in [4.78, 5) is 8.89. The maximum absolute atomic E-state index is 4.54. The number of rotatable bonds is 5. The standard InChI is InChI=1S/C15H21N5/c1-4-14-10(2)19-20(11(14)3)15-17-8-12(9-18-15)7-16-13-5-6-13/h8-9,13,16H,4-7H2,1-3H3. The van der Waals surface area contributed by atoms with E-state index in [1.165, 1.54) is 18.4 Å². The van der Waals surface area contributed by atoms with Crippen molar-refractivity contribution in [2.75, 3.05) is 0 Å². The van der Waals surface area contributed by atoms with E-state index in [2.05, 4.69) is 34.2 Å². The lowest BCUT2D eigenvalue weighted by Gasteiger charge is -2.05. The summed E-state index contributed by atoms with van der Waals surface area (Å²) in [5.41, 5.74) is 4.60. The molecule has 0 radical (unpaired) electrons. The Hall–Kier alpha value is -1.75. The quantitative estimate of drug-likeness (QED) is 0.904. The van der Waals surface area contributed by atoms with E-state index in [1.54, 1.807) is 0 Å². The van der Waals surface area contributed by atoms with E-state index in [0.717, 1.165) is 29.9 Å². The molecule has 0 aromatic carbocycles. The van der Waals surface area contributed by atoms with Gasteiger partial charge < -0.3 is 5.32 Å². The Bertz CT molecular complexity index is 595. The third-order valence-electron chi connectivity index (χ3n) is 3.85. The molecule has 1 fully saturated rings. The first kappa shape index (κ1) is 13.2. The molecule has 0 bridgehead atoms. The number of aryl methyl sites for hydroxylation is 1. The van der Waals surface area contributed by atoms with E-state index in [0.29, 0.717) is 12.0 Å². The highest BCUT2D eigenvalue weighted by Gasteiger charge is 2.20. The third-order valence-corrected chi connectivity index (χ3v) is 3.85. The second kappa shape index (κ2) is 5.32. The topological polar surface area (TPSA) is 55.6 Å². The Morgan fingerprint density at radius 2 is 1.95 bits per heavy atom. The highest BCUT2D eigenvalue weighted by atomic mass is 15.4. The summed E-state index contributed by atoms with van der Waals surface area (Å²) >= 11 is 0. The zero-order valence-corrected chi connectivity index (χ0v) is 12.3. The predicted octanol–water partition coefficient (Wildman–Crippen LogP) is 2.09. The molecule has 0 unspecified atom stereocenters. The van der Waals surface area contributed by atoms with Crippen molar-refractivity contribution in [2.24, 2.45) is 0 Å². The molecule has 1 aliphatic rings. The predicted molar refractivity (Wildman–Crippen MR) is 77.9 cm³/mol. The smallest absolute Gasteiger partial charge is 0.250 e. The van der Waals surface area contributed by atoms with E-state index in [-0.39, 0.29) is 0 Å². The molecule has 2 heterocycles. The number of hydrogen-bond donors (Lipinski definition) is 1. The minimum atomic E-state index is 0.653. The fourth-order valence-corrected chi connectivity index (χ4v) is 2.48. The van der Waals surface area contributed by atoms with Gasteiger partial charge >= 0.3 is 0 Å². The van der Waals surface area contributed by atoms with Gasteiger partial charge in [-0.3, -0.25) is 0 Å². The lowest BCUT2D eigenvalue weighted by molar-refractivity contribution is 0.679. The molecule has 2 aromatic heterocycles. The van der Waals surface area contributed by atoms with Gasteiger partial charge in [-0.15, -0.1) is 0 Å².